The van der Waals surface area contributed by atoms with Crippen LogP contribution in [0.3, 0.4) is 0 Å². The summed E-state index contributed by atoms with van der Waals surface area (Å²) >= 11 is 1.55. The van der Waals surface area contributed by atoms with Gasteiger partial charge in [-0.25, -0.2) is 0 Å². The molecule has 0 bridgehead atoms. The number of hydrogen-bond acceptors (Lipinski definition) is 6. The van der Waals surface area contributed by atoms with Crippen molar-refractivity contribution in [3.63, 3.8) is 0 Å². The van der Waals surface area contributed by atoms with E-state index in [-0.39, 0.29) is 17.7 Å². The second kappa shape index (κ2) is 9.49. The fraction of sp³-hybridized carbons (Fsp3) is 0.250. The standard InChI is InChI=1S/C28H27NO4S/c1-18(29-13-3-2-4-14-29)33-23-11-7-20(17-30)25(16-23)27-24-12-10-22(32)15-26(24)34-28(27)19-5-8-21(31)9-6-19/h5-12,15-18,31-32H,2-4,13-14H2,1H3. The number of nitrogens with zero attached hydrogens (tertiary/aromatic N) is 1. The third-order valence-electron chi connectivity index (χ3n) is 6.44. The smallest absolute Gasteiger partial charge is 0.150 e. The Morgan fingerprint density at radius 2 is 1.68 bits per heavy atom. The molecule has 0 saturated carbocycles. The molecule has 0 amide bonds. The van der Waals surface area contributed by atoms with E-state index in [9.17, 15) is 15.0 Å². The lowest BCUT2D eigenvalue weighted by Gasteiger charge is -2.32. The summed E-state index contributed by atoms with van der Waals surface area (Å²) in [5.74, 6) is 1.11. The SMILES string of the molecule is CC(Oc1ccc(C=O)c(-c2c(-c3ccc(O)cc3)sc3cc(O)ccc23)c1)N1CCCCC1. The van der Waals surface area contributed by atoms with Crippen LogP contribution in [0.1, 0.15) is 36.5 Å². The van der Waals surface area contributed by atoms with Crippen LogP contribution < -0.4 is 4.74 Å². The van der Waals surface area contributed by atoms with Crippen molar-refractivity contribution >= 4 is 27.7 Å². The maximum absolute atomic E-state index is 12.1. The molecule has 0 spiro atoms. The predicted molar refractivity (Wildman–Crippen MR) is 137 cm³/mol. The molecule has 1 saturated heterocycles. The quantitative estimate of drug-likeness (QED) is 0.306. The van der Waals surface area contributed by atoms with Crippen LogP contribution in [0.4, 0.5) is 0 Å². The van der Waals surface area contributed by atoms with Crippen LogP contribution in [0.5, 0.6) is 17.2 Å². The second-order valence-electron chi connectivity index (χ2n) is 8.71. The van der Waals surface area contributed by atoms with Crippen molar-refractivity contribution in [1.29, 1.82) is 0 Å². The highest BCUT2D eigenvalue weighted by Gasteiger charge is 2.21. The summed E-state index contributed by atoms with van der Waals surface area (Å²) in [6, 6.07) is 17.9. The summed E-state index contributed by atoms with van der Waals surface area (Å²) < 4.78 is 7.24. The monoisotopic (exact) mass is 473 g/mol. The Morgan fingerprint density at radius 1 is 0.941 bits per heavy atom. The number of aldehydes is 1. The number of thiophene rings is 1. The molecule has 1 fully saturated rings. The molecule has 4 aromatic rings. The zero-order valence-corrected chi connectivity index (χ0v) is 19.8. The number of phenols is 2. The van der Waals surface area contributed by atoms with Gasteiger partial charge < -0.3 is 14.9 Å². The number of carbonyl (C=O) groups is 1. The number of aromatic hydroxyl groups is 2. The van der Waals surface area contributed by atoms with E-state index < -0.39 is 0 Å². The molecule has 6 heteroatoms. The van der Waals surface area contributed by atoms with Gasteiger partial charge in [0.1, 0.15) is 23.5 Å². The van der Waals surface area contributed by atoms with Crippen LogP contribution in [0.25, 0.3) is 31.7 Å². The Bertz CT molecular complexity index is 1320. The molecule has 0 radical (unpaired) electrons. The summed E-state index contributed by atoms with van der Waals surface area (Å²) in [6.45, 7) is 4.14. The highest BCUT2D eigenvalue weighted by atomic mass is 32.1. The van der Waals surface area contributed by atoms with Gasteiger partial charge >= 0.3 is 0 Å². The lowest BCUT2D eigenvalue weighted by atomic mass is 9.95. The first-order valence-electron chi connectivity index (χ1n) is 11.6. The molecule has 174 valence electrons. The first kappa shape index (κ1) is 22.4. The normalized spacial score (nSPS) is 15.3. The lowest BCUT2D eigenvalue weighted by molar-refractivity contribution is 0.0262. The van der Waals surface area contributed by atoms with Crippen LogP contribution in [-0.2, 0) is 0 Å². The minimum atomic E-state index is -0.0528. The molecule has 3 aromatic carbocycles. The van der Waals surface area contributed by atoms with Gasteiger partial charge in [0.15, 0.2) is 6.29 Å². The van der Waals surface area contributed by atoms with Gasteiger partial charge in [-0.3, -0.25) is 9.69 Å². The minimum absolute atomic E-state index is 0.0528. The fourth-order valence-electron chi connectivity index (χ4n) is 4.65. The summed E-state index contributed by atoms with van der Waals surface area (Å²) in [6.07, 6.45) is 4.46. The first-order chi connectivity index (χ1) is 16.5. The summed E-state index contributed by atoms with van der Waals surface area (Å²) in [7, 11) is 0. The topological polar surface area (TPSA) is 70.0 Å². The predicted octanol–water partition coefficient (Wildman–Crippen LogP) is 6.67. The second-order valence-corrected chi connectivity index (χ2v) is 9.77. The molecule has 34 heavy (non-hydrogen) atoms. The highest BCUT2D eigenvalue weighted by molar-refractivity contribution is 7.23. The van der Waals surface area contributed by atoms with E-state index in [0.29, 0.717) is 11.3 Å². The van der Waals surface area contributed by atoms with Crippen molar-refractivity contribution in [3.05, 3.63) is 66.2 Å². The van der Waals surface area contributed by atoms with Gasteiger partial charge in [-0.2, -0.15) is 0 Å². The van der Waals surface area contributed by atoms with Crippen molar-refractivity contribution < 1.29 is 19.7 Å². The average Bonchev–Trinajstić information content (AvgIpc) is 3.23. The molecule has 1 aliphatic rings. The van der Waals surface area contributed by atoms with E-state index in [1.54, 1.807) is 35.6 Å². The number of hydrogen-bond donors (Lipinski definition) is 2. The molecular weight excluding hydrogens is 446 g/mol. The van der Waals surface area contributed by atoms with Crippen LogP contribution in [0.2, 0.25) is 0 Å². The molecule has 1 aliphatic heterocycles. The number of carbonyl (C=O) groups excluding carboxylic acids is 1. The molecule has 5 nitrogen and oxygen atoms in total. The Kier molecular flexibility index (Phi) is 6.26. The molecule has 0 aliphatic carbocycles. The van der Waals surface area contributed by atoms with Crippen LogP contribution in [-0.4, -0.2) is 40.7 Å². The zero-order valence-electron chi connectivity index (χ0n) is 19.0. The Balaban J connectivity index is 1.63. The number of rotatable bonds is 6. The van der Waals surface area contributed by atoms with Crippen LogP contribution in [0.15, 0.2) is 60.7 Å². The van der Waals surface area contributed by atoms with Gasteiger partial charge in [-0.1, -0.05) is 6.42 Å². The third kappa shape index (κ3) is 4.39. The van der Waals surface area contributed by atoms with Gasteiger partial charge in [-0.15, -0.1) is 11.3 Å². The number of likely N-dealkylation sites (tertiary alicyclic amines) is 1. The van der Waals surface area contributed by atoms with Crippen molar-refractivity contribution in [2.24, 2.45) is 0 Å². The number of benzene rings is 3. The highest BCUT2D eigenvalue weighted by Crippen LogP contribution is 2.47. The number of ether oxygens (including phenoxy) is 1. The zero-order chi connectivity index (χ0) is 23.7. The molecule has 2 N–H and O–H groups in total. The van der Waals surface area contributed by atoms with E-state index >= 15 is 0 Å². The molecule has 2 heterocycles. The fourth-order valence-corrected chi connectivity index (χ4v) is 5.91. The van der Waals surface area contributed by atoms with Crippen molar-refractivity contribution in [3.8, 4) is 38.8 Å². The molecule has 1 atom stereocenters. The summed E-state index contributed by atoms with van der Waals surface area (Å²) in [4.78, 5) is 15.4. The van der Waals surface area contributed by atoms with E-state index in [1.807, 2.05) is 36.4 Å². The Morgan fingerprint density at radius 3 is 2.41 bits per heavy atom. The van der Waals surface area contributed by atoms with Gasteiger partial charge in [0.05, 0.1) is 0 Å². The maximum Gasteiger partial charge on any atom is 0.150 e. The van der Waals surface area contributed by atoms with E-state index in [1.165, 1.54) is 19.3 Å². The molecule has 5 rings (SSSR count). The van der Waals surface area contributed by atoms with E-state index in [2.05, 4.69) is 11.8 Å². The van der Waals surface area contributed by atoms with Crippen molar-refractivity contribution in [2.75, 3.05) is 13.1 Å². The Labute approximate surface area is 202 Å². The number of piperidine rings is 1. The van der Waals surface area contributed by atoms with Crippen LogP contribution in [0, 0.1) is 0 Å². The van der Waals surface area contributed by atoms with Gasteiger partial charge in [0.25, 0.3) is 0 Å². The lowest BCUT2D eigenvalue weighted by Crippen LogP contribution is -2.40. The Hall–Kier alpha value is -3.35. The van der Waals surface area contributed by atoms with Gasteiger partial charge in [-0.05, 0) is 91.6 Å². The first-order valence-corrected chi connectivity index (χ1v) is 12.4. The molecule has 1 unspecified atom stereocenters. The van der Waals surface area contributed by atoms with E-state index in [4.69, 9.17) is 4.74 Å². The van der Waals surface area contributed by atoms with Gasteiger partial charge in [0, 0.05) is 39.2 Å². The summed E-state index contributed by atoms with van der Waals surface area (Å²) in [5, 5.41) is 20.8. The summed E-state index contributed by atoms with van der Waals surface area (Å²) in [5.41, 5.74) is 3.21. The number of phenolic OH excluding ortho intramolecular Hbond substituents is 2. The molecule has 1 aromatic heterocycles. The largest absolute Gasteiger partial charge is 0.508 e. The molecular formula is C28H27NO4S. The maximum atomic E-state index is 12.1. The van der Waals surface area contributed by atoms with Crippen molar-refractivity contribution in [1.82, 2.24) is 4.90 Å². The van der Waals surface area contributed by atoms with Crippen LogP contribution >= 0.6 is 11.3 Å². The number of fused-ring (bicyclic) bond motifs is 1. The van der Waals surface area contributed by atoms with Crippen molar-refractivity contribution in [2.45, 2.75) is 32.4 Å². The average molecular weight is 474 g/mol. The van der Waals surface area contributed by atoms with E-state index in [0.717, 1.165) is 51.0 Å². The minimum Gasteiger partial charge on any atom is -0.508 e. The third-order valence-corrected chi connectivity index (χ3v) is 7.64. The van der Waals surface area contributed by atoms with Gasteiger partial charge in [0.2, 0.25) is 0 Å².